The molecule has 0 radical (unpaired) electrons. The Morgan fingerprint density at radius 3 is 2.80 bits per heavy atom. The number of amides is 1. The van der Waals surface area contributed by atoms with E-state index >= 15 is 0 Å². The molecular formula is C15H25N3O2. The summed E-state index contributed by atoms with van der Waals surface area (Å²) in [5, 5.41) is 12.5. The molecule has 0 saturated heterocycles. The van der Waals surface area contributed by atoms with Gasteiger partial charge in [0, 0.05) is 24.7 Å². The van der Waals surface area contributed by atoms with Crippen LogP contribution in [0.1, 0.15) is 49.5 Å². The molecule has 0 bridgehead atoms. The van der Waals surface area contributed by atoms with Crippen LogP contribution in [0.5, 0.6) is 0 Å². The van der Waals surface area contributed by atoms with Gasteiger partial charge in [0.15, 0.2) is 0 Å². The highest BCUT2D eigenvalue weighted by molar-refractivity contribution is 5.93. The van der Waals surface area contributed by atoms with Crippen molar-refractivity contribution < 1.29 is 9.90 Å². The third-order valence-electron chi connectivity index (χ3n) is 4.24. The topological polar surface area (TPSA) is 80.3 Å². The minimum atomic E-state index is -0.122. The van der Waals surface area contributed by atoms with Crippen molar-refractivity contribution in [2.24, 2.45) is 5.41 Å². The number of rotatable bonds is 6. The molecule has 0 aliphatic heterocycles. The van der Waals surface area contributed by atoms with Crippen LogP contribution >= 0.6 is 0 Å². The molecule has 4 N–H and O–H groups in total. The van der Waals surface area contributed by atoms with Crippen molar-refractivity contribution in [2.45, 2.75) is 45.6 Å². The second-order valence-electron chi connectivity index (χ2n) is 5.90. The zero-order valence-corrected chi connectivity index (χ0v) is 12.2. The van der Waals surface area contributed by atoms with Crippen molar-refractivity contribution in [1.82, 2.24) is 9.88 Å². The molecule has 0 unspecified atom stereocenters. The fourth-order valence-electron chi connectivity index (χ4n) is 3.02. The van der Waals surface area contributed by atoms with Crippen LogP contribution in [0, 0.1) is 5.41 Å². The monoisotopic (exact) mass is 279 g/mol. The molecule has 1 heterocycles. The van der Waals surface area contributed by atoms with Crippen LogP contribution in [-0.4, -0.2) is 28.7 Å². The lowest BCUT2D eigenvalue weighted by Crippen LogP contribution is -2.38. The number of anilines is 1. The van der Waals surface area contributed by atoms with E-state index in [2.05, 4.69) is 12.2 Å². The second-order valence-corrected chi connectivity index (χ2v) is 5.90. The van der Waals surface area contributed by atoms with Gasteiger partial charge >= 0.3 is 0 Å². The first-order chi connectivity index (χ1) is 9.60. The summed E-state index contributed by atoms with van der Waals surface area (Å²) in [6.07, 6.45) is 7.00. The Labute approximate surface area is 120 Å². The fourth-order valence-corrected chi connectivity index (χ4v) is 3.02. The van der Waals surface area contributed by atoms with E-state index in [4.69, 9.17) is 5.73 Å². The lowest BCUT2D eigenvalue weighted by atomic mass is 9.87. The Balaban J connectivity index is 2.01. The molecule has 5 nitrogen and oxygen atoms in total. The van der Waals surface area contributed by atoms with Crippen LogP contribution in [0.15, 0.2) is 12.3 Å². The summed E-state index contributed by atoms with van der Waals surface area (Å²) >= 11 is 0. The van der Waals surface area contributed by atoms with Gasteiger partial charge in [0.1, 0.15) is 5.69 Å². The minimum Gasteiger partial charge on any atom is -0.397 e. The number of aliphatic hydroxyl groups is 1. The quantitative estimate of drug-likeness (QED) is 0.742. The molecule has 1 aliphatic carbocycles. The van der Waals surface area contributed by atoms with Crippen LogP contribution in [0.4, 0.5) is 5.69 Å². The summed E-state index contributed by atoms with van der Waals surface area (Å²) in [6.45, 7) is 3.53. The average molecular weight is 279 g/mol. The van der Waals surface area contributed by atoms with Gasteiger partial charge in [0.2, 0.25) is 0 Å². The first kappa shape index (κ1) is 14.9. The third kappa shape index (κ3) is 3.15. The fraction of sp³-hybridized carbons (Fsp3) is 0.667. The second kappa shape index (κ2) is 6.31. The van der Waals surface area contributed by atoms with Gasteiger partial charge in [-0.1, -0.05) is 19.8 Å². The van der Waals surface area contributed by atoms with E-state index in [1.165, 1.54) is 0 Å². The number of carbonyl (C=O) groups excluding carboxylic acids is 1. The van der Waals surface area contributed by atoms with E-state index in [0.29, 0.717) is 17.9 Å². The highest BCUT2D eigenvalue weighted by Gasteiger charge is 2.33. The van der Waals surface area contributed by atoms with E-state index in [9.17, 15) is 9.90 Å². The number of nitrogen functional groups attached to an aromatic ring is 1. The number of aliphatic hydroxyl groups excluding tert-OH is 1. The molecule has 1 aliphatic rings. The summed E-state index contributed by atoms with van der Waals surface area (Å²) in [5.74, 6) is -0.102. The van der Waals surface area contributed by atoms with Gasteiger partial charge in [-0.15, -0.1) is 0 Å². The standard InChI is InChI=1S/C15H25N3O2/c1-2-7-18-9-12(16)8-13(18)14(20)17-10-15(11-19)5-3-4-6-15/h8-9,19H,2-7,10-11,16H2,1H3,(H,17,20). The van der Waals surface area contributed by atoms with Gasteiger partial charge in [0.05, 0.1) is 12.3 Å². The van der Waals surface area contributed by atoms with Gasteiger partial charge in [-0.2, -0.15) is 0 Å². The number of nitrogens with two attached hydrogens (primary N) is 1. The number of nitrogens with one attached hydrogen (secondary N) is 1. The van der Waals surface area contributed by atoms with Crippen molar-refractivity contribution in [1.29, 1.82) is 0 Å². The molecule has 1 fully saturated rings. The van der Waals surface area contributed by atoms with Gasteiger partial charge in [-0.25, -0.2) is 0 Å². The van der Waals surface area contributed by atoms with Crippen LogP contribution in [-0.2, 0) is 6.54 Å². The number of nitrogens with zero attached hydrogens (tertiary/aromatic N) is 1. The lowest BCUT2D eigenvalue weighted by Gasteiger charge is -2.26. The van der Waals surface area contributed by atoms with Crippen molar-refractivity contribution in [3.05, 3.63) is 18.0 Å². The van der Waals surface area contributed by atoms with Crippen molar-refractivity contribution >= 4 is 11.6 Å². The molecule has 2 rings (SSSR count). The van der Waals surface area contributed by atoms with Gasteiger partial charge in [-0.05, 0) is 25.3 Å². The summed E-state index contributed by atoms with van der Waals surface area (Å²) in [5.41, 5.74) is 6.87. The number of aryl methyl sites for hydroxylation is 1. The first-order valence-corrected chi connectivity index (χ1v) is 7.45. The summed E-state index contributed by atoms with van der Waals surface area (Å²) in [4.78, 5) is 12.3. The smallest absolute Gasteiger partial charge is 0.268 e. The van der Waals surface area contributed by atoms with Crippen molar-refractivity contribution in [2.75, 3.05) is 18.9 Å². The highest BCUT2D eigenvalue weighted by Crippen LogP contribution is 2.36. The maximum Gasteiger partial charge on any atom is 0.268 e. The Hall–Kier alpha value is -1.49. The van der Waals surface area contributed by atoms with E-state index in [0.717, 1.165) is 38.6 Å². The number of hydrogen-bond acceptors (Lipinski definition) is 3. The molecule has 0 atom stereocenters. The molecule has 112 valence electrons. The zero-order valence-electron chi connectivity index (χ0n) is 12.2. The van der Waals surface area contributed by atoms with Crippen LogP contribution < -0.4 is 11.1 Å². The predicted octanol–water partition coefficient (Wildman–Crippen LogP) is 1.76. The summed E-state index contributed by atoms with van der Waals surface area (Å²) in [7, 11) is 0. The SMILES string of the molecule is CCCn1cc(N)cc1C(=O)NCC1(CO)CCCC1. The van der Waals surface area contributed by atoms with E-state index < -0.39 is 0 Å². The number of aromatic nitrogens is 1. The van der Waals surface area contributed by atoms with Crippen molar-refractivity contribution in [3.8, 4) is 0 Å². The maximum atomic E-state index is 12.3. The zero-order chi connectivity index (χ0) is 14.6. The molecular weight excluding hydrogens is 254 g/mol. The minimum absolute atomic E-state index is 0.102. The first-order valence-electron chi connectivity index (χ1n) is 7.45. The number of carbonyl (C=O) groups is 1. The van der Waals surface area contributed by atoms with Crippen LogP contribution in [0.25, 0.3) is 0 Å². The summed E-state index contributed by atoms with van der Waals surface area (Å²) < 4.78 is 1.89. The van der Waals surface area contributed by atoms with E-state index in [-0.39, 0.29) is 17.9 Å². The van der Waals surface area contributed by atoms with E-state index in [1.54, 1.807) is 12.3 Å². The molecule has 0 aromatic carbocycles. The van der Waals surface area contributed by atoms with Crippen LogP contribution in [0.2, 0.25) is 0 Å². The lowest BCUT2D eigenvalue weighted by molar-refractivity contribution is 0.0872. The Morgan fingerprint density at radius 2 is 2.20 bits per heavy atom. The Morgan fingerprint density at radius 1 is 1.50 bits per heavy atom. The Kier molecular flexibility index (Phi) is 4.70. The maximum absolute atomic E-state index is 12.3. The molecule has 5 heteroatoms. The molecule has 0 spiro atoms. The van der Waals surface area contributed by atoms with Crippen LogP contribution in [0.3, 0.4) is 0 Å². The van der Waals surface area contributed by atoms with E-state index in [1.807, 2.05) is 4.57 Å². The highest BCUT2D eigenvalue weighted by atomic mass is 16.3. The summed E-state index contributed by atoms with van der Waals surface area (Å²) in [6, 6.07) is 1.71. The van der Waals surface area contributed by atoms with Crippen molar-refractivity contribution in [3.63, 3.8) is 0 Å². The molecule has 1 saturated carbocycles. The van der Waals surface area contributed by atoms with Gasteiger partial charge in [0.25, 0.3) is 5.91 Å². The normalized spacial score (nSPS) is 17.3. The molecule has 1 aromatic rings. The van der Waals surface area contributed by atoms with Gasteiger partial charge < -0.3 is 20.7 Å². The average Bonchev–Trinajstić information content (AvgIpc) is 3.04. The largest absolute Gasteiger partial charge is 0.397 e. The number of hydrogen-bond donors (Lipinski definition) is 3. The van der Waals surface area contributed by atoms with Gasteiger partial charge in [-0.3, -0.25) is 4.79 Å². The Bertz CT molecular complexity index is 462. The predicted molar refractivity (Wildman–Crippen MR) is 79.5 cm³/mol. The molecule has 20 heavy (non-hydrogen) atoms. The third-order valence-corrected chi connectivity index (χ3v) is 4.24. The molecule has 1 aromatic heterocycles. The molecule has 1 amide bonds.